The number of hydrogen-bond acceptors (Lipinski definition) is 9. The topological polar surface area (TPSA) is 156 Å². The molecule has 3 rings (SSSR count). The quantitative estimate of drug-likeness (QED) is 0.360. The number of nitrogens with two attached hydrogens (primary N) is 1. The summed E-state index contributed by atoms with van der Waals surface area (Å²) >= 11 is 0. The first-order valence-electron chi connectivity index (χ1n) is 11.8. The number of amides is 2. The number of nitrogens with one attached hydrogen (secondary N) is 2. The molecule has 1 aliphatic rings. The van der Waals surface area contributed by atoms with Crippen molar-refractivity contribution in [2.45, 2.75) is 70.7 Å². The number of urea groups is 1. The Morgan fingerprint density at radius 3 is 2.60 bits per heavy atom. The number of nitrogens with zero attached hydrogens (tertiary/aromatic N) is 4. The summed E-state index contributed by atoms with van der Waals surface area (Å²) in [5.41, 5.74) is 6.96. The lowest BCUT2D eigenvalue weighted by Gasteiger charge is -2.40. The largest absolute Gasteiger partial charge is 0.466 e. The van der Waals surface area contributed by atoms with Crippen LogP contribution in [0.3, 0.4) is 0 Å². The molecule has 0 aliphatic carbocycles. The van der Waals surface area contributed by atoms with Crippen molar-refractivity contribution >= 4 is 37.3 Å². The van der Waals surface area contributed by atoms with Crippen LogP contribution >= 0.6 is 0 Å². The van der Waals surface area contributed by atoms with Gasteiger partial charge in [-0.3, -0.25) is 9.36 Å². The predicted octanol–water partition coefficient (Wildman–Crippen LogP) is 2.19. The molecule has 0 aromatic carbocycles. The van der Waals surface area contributed by atoms with Gasteiger partial charge in [-0.05, 0) is 25.1 Å². The molecule has 3 heterocycles. The number of nitrogen functional groups attached to an aromatic ring is 1. The Labute approximate surface area is 206 Å². The van der Waals surface area contributed by atoms with Gasteiger partial charge in [-0.15, -0.1) is 0 Å². The molecule has 2 aromatic heterocycles. The van der Waals surface area contributed by atoms with Gasteiger partial charge in [0.05, 0.1) is 31.6 Å². The smallest absolute Gasteiger partial charge is 0.314 e. The van der Waals surface area contributed by atoms with Crippen LogP contribution in [-0.4, -0.2) is 72.2 Å². The molecule has 1 fully saturated rings. The highest BCUT2D eigenvalue weighted by molar-refractivity contribution is 6.74. The summed E-state index contributed by atoms with van der Waals surface area (Å²) in [4.78, 5) is 37.3. The van der Waals surface area contributed by atoms with E-state index in [1.54, 1.807) is 17.8 Å². The molecule has 35 heavy (non-hydrogen) atoms. The van der Waals surface area contributed by atoms with E-state index in [0.29, 0.717) is 11.2 Å². The van der Waals surface area contributed by atoms with Gasteiger partial charge in [0.1, 0.15) is 11.8 Å². The molecular formula is C22H37N7O5Si. The predicted molar refractivity (Wildman–Crippen MR) is 133 cm³/mol. The number of carbonyl (C=O) groups excluding carboxylic acids is 2. The highest BCUT2D eigenvalue weighted by Gasteiger charge is 2.51. The second-order valence-electron chi connectivity index (χ2n) is 10.1. The third kappa shape index (κ3) is 5.73. The molecule has 1 aliphatic heterocycles. The Morgan fingerprint density at radius 1 is 1.26 bits per heavy atom. The van der Waals surface area contributed by atoms with Gasteiger partial charge in [-0.1, -0.05) is 20.8 Å². The molecule has 0 saturated carbocycles. The van der Waals surface area contributed by atoms with Gasteiger partial charge in [0.2, 0.25) is 0 Å². The van der Waals surface area contributed by atoms with Crippen molar-refractivity contribution in [3.05, 3.63) is 12.7 Å². The van der Waals surface area contributed by atoms with Crippen molar-refractivity contribution in [1.82, 2.24) is 30.2 Å². The Hall–Kier alpha value is -2.77. The molecule has 0 unspecified atom stereocenters. The first-order valence-corrected chi connectivity index (χ1v) is 14.7. The van der Waals surface area contributed by atoms with Crippen LogP contribution in [0.1, 0.15) is 40.3 Å². The number of carbonyl (C=O) groups is 2. The first-order chi connectivity index (χ1) is 16.4. The van der Waals surface area contributed by atoms with Crippen molar-refractivity contribution in [3.63, 3.8) is 0 Å². The summed E-state index contributed by atoms with van der Waals surface area (Å²) in [6.45, 7) is 13.0. The number of imidazole rings is 1. The fourth-order valence-corrected chi connectivity index (χ4v) is 5.19. The van der Waals surface area contributed by atoms with E-state index in [2.05, 4.69) is 59.5 Å². The fraction of sp³-hybridized carbons (Fsp3) is 0.682. The highest BCUT2D eigenvalue weighted by Crippen LogP contribution is 2.45. The van der Waals surface area contributed by atoms with E-state index in [1.165, 1.54) is 13.4 Å². The van der Waals surface area contributed by atoms with Gasteiger partial charge in [0.15, 0.2) is 26.0 Å². The number of aromatic nitrogens is 4. The van der Waals surface area contributed by atoms with Crippen molar-refractivity contribution in [3.8, 4) is 0 Å². The maximum atomic E-state index is 12.6. The van der Waals surface area contributed by atoms with Crippen molar-refractivity contribution in [1.29, 1.82) is 0 Å². The lowest BCUT2D eigenvalue weighted by Crippen LogP contribution is -2.48. The van der Waals surface area contributed by atoms with E-state index < -0.39 is 26.8 Å². The zero-order chi connectivity index (χ0) is 26.0. The first kappa shape index (κ1) is 26.8. The van der Waals surface area contributed by atoms with Crippen molar-refractivity contribution < 1.29 is 23.5 Å². The van der Waals surface area contributed by atoms with E-state index in [9.17, 15) is 9.59 Å². The minimum atomic E-state index is -2.32. The van der Waals surface area contributed by atoms with Crippen LogP contribution in [0, 0.1) is 5.92 Å². The molecule has 2 aromatic rings. The molecular weight excluding hydrogens is 470 g/mol. The van der Waals surface area contributed by atoms with Crippen LogP contribution in [0.4, 0.5) is 10.6 Å². The van der Waals surface area contributed by atoms with Crippen molar-refractivity contribution in [2.75, 3.05) is 25.9 Å². The third-order valence-corrected chi connectivity index (χ3v) is 11.3. The zero-order valence-electron chi connectivity index (χ0n) is 21.5. The van der Waals surface area contributed by atoms with Gasteiger partial charge < -0.3 is 30.3 Å². The molecule has 0 spiro atoms. The molecule has 0 bridgehead atoms. The number of rotatable bonds is 8. The SMILES string of the molecule is CCOC(=O)C[C@H]1[C@@H](O[Si](C)(C)C(C)(C)C)[C@H](n2cnc3c(N)ncnc32)O[C@@H]1CNC(=O)NC. The summed E-state index contributed by atoms with van der Waals surface area (Å²) in [5, 5.41) is 5.24. The monoisotopic (exact) mass is 507 g/mol. The summed E-state index contributed by atoms with van der Waals surface area (Å²) in [5.74, 6) is -0.478. The molecule has 194 valence electrons. The lowest BCUT2D eigenvalue weighted by atomic mass is 9.94. The number of esters is 1. The van der Waals surface area contributed by atoms with Crippen LogP contribution in [0.2, 0.25) is 18.1 Å². The van der Waals surface area contributed by atoms with Gasteiger partial charge in [-0.25, -0.2) is 19.7 Å². The summed E-state index contributed by atoms with van der Waals surface area (Å²) in [6.07, 6.45) is 1.35. The van der Waals surface area contributed by atoms with Crippen LogP contribution < -0.4 is 16.4 Å². The zero-order valence-corrected chi connectivity index (χ0v) is 22.5. The fourth-order valence-electron chi connectivity index (χ4n) is 3.86. The molecule has 2 amide bonds. The third-order valence-electron chi connectivity index (χ3n) is 6.79. The van der Waals surface area contributed by atoms with Crippen LogP contribution in [0.15, 0.2) is 12.7 Å². The Bertz CT molecular complexity index is 1050. The van der Waals surface area contributed by atoms with Crippen LogP contribution in [0.25, 0.3) is 11.2 Å². The second kappa shape index (κ2) is 10.5. The van der Waals surface area contributed by atoms with E-state index in [-0.39, 0.29) is 48.3 Å². The van der Waals surface area contributed by atoms with Gasteiger partial charge in [0, 0.05) is 19.5 Å². The normalized spacial score (nSPS) is 22.8. The average molecular weight is 508 g/mol. The number of anilines is 1. The van der Waals surface area contributed by atoms with E-state index in [0.717, 1.165) is 0 Å². The molecule has 12 nitrogen and oxygen atoms in total. The molecule has 13 heteroatoms. The maximum absolute atomic E-state index is 12.6. The van der Waals surface area contributed by atoms with Crippen LogP contribution in [0.5, 0.6) is 0 Å². The summed E-state index contributed by atoms with van der Waals surface area (Å²) in [6, 6.07) is -0.345. The maximum Gasteiger partial charge on any atom is 0.314 e. The Balaban J connectivity index is 2.06. The van der Waals surface area contributed by atoms with Gasteiger partial charge >= 0.3 is 12.0 Å². The van der Waals surface area contributed by atoms with E-state index in [1.807, 2.05) is 0 Å². The number of hydrogen-bond donors (Lipinski definition) is 3. The minimum Gasteiger partial charge on any atom is -0.466 e. The second-order valence-corrected chi connectivity index (χ2v) is 14.9. The van der Waals surface area contributed by atoms with E-state index >= 15 is 0 Å². The average Bonchev–Trinajstić information content (AvgIpc) is 3.34. The lowest BCUT2D eigenvalue weighted by molar-refractivity contribution is -0.145. The summed E-state index contributed by atoms with van der Waals surface area (Å²) in [7, 11) is -0.782. The molecule has 0 radical (unpaired) electrons. The van der Waals surface area contributed by atoms with Crippen LogP contribution in [-0.2, 0) is 18.7 Å². The number of ether oxygens (including phenoxy) is 2. The number of fused-ring (bicyclic) bond motifs is 1. The van der Waals surface area contributed by atoms with Gasteiger partial charge in [0.25, 0.3) is 0 Å². The molecule has 1 saturated heterocycles. The highest BCUT2D eigenvalue weighted by atomic mass is 28.4. The Morgan fingerprint density at radius 2 is 1.97 bits per heavy atom. The Kier molecular flexibility index (Phi) is 8.02. The minimum absolute atomic E-state index is 0.0769. The van der Waals surface area contributed by atoms with Gasteiger partial charge in [-0.2, -0.15) is 0 Å². The molecule has 4 N–H and O–H groups in total. The van der Waals surface area contributed by atoms with E-state index in [4.69, 9.17) is 19.6 Å². The standard InChI is InChI=1S/C22H37N7O5Si/c1-8-32-15(30)9-13-14(10-25-21(31)24-5)33-20(17(13)34-35(6,7)22(2,3)4)29-12-28-16-18(23)26-11-27-19(16)29/h11-14,17,20H,8-10H2,1-7H3,(H2,23,26,27)(H2,24,25,31)/t13-,14-,17-,20-/m1/s1. The summed E-state index contributed by atoms with van der Waals surface area (Å²) < 4.78 is 20.4. The molecule has 4 atom stereocenters. The van der Waals surface area contributed by atoms with Crippen molar-refractivity contribution in [2.24, 2.45) is 5.92 Å².